The highest BCUT2D eigenvalue weighted by atomic mass is 16.5. The normalized spacial score (nSPS) is 9.26. The first-order chi connectivity index (χ1) is 9.08. The Labute approximate surface area is 108 Å². The van der Waals surface area contributed by atoms with Gasteiger partial charge >= 0.3 is 12.2 Å². The molecule has 0 bridgehead atoms. The van der Waals surface area contributed by atoms with Gasteiger partial charge in [-0.1, -0.05) is 30.3 Å². The van der Waals surface area contributed by atoms with Crippen molar-refractivity contribution in [1.82, 2.24) is 16.2 Å². The molecule has 0 aromatic heterocycles. The van der Waals surface area contributed by atoms with Crippen molar-refractivity contribution in [2.24, 2.45) is 0 Å². The van der Waals surface area contributed by atoms with Gasteiger partial charge in [0.1, 0.15) is 13.2 Å². The van der Waals surface area contributed by atoms with Crippen LogP contribution in [0.3, 0.4) is 0 Å². The Hall–Kier alpha value is -2.77. The molecule has 1 aromatic carbocycles. The average molecular weight is 267 g/mol. The number of nitrogens with one attached hydrogen (secondary N) is 3. The molecule has 0 aliphatic heterocycles. The van der Waals surface area contributed by atoms with Crippen LogP contribution in [0.5, 0.6) is 0 Å². The van der Waals surface area contributed by atoms with Crippen molar-refractivity contribution in [3.8, 4) is 0 Å². The first-order valence-electron chi connectivity index (χ1n) is 5.30. The molecule has 0 fully saturated rings. The zero-order chi connectivity index (χ0) is 14.1. The van der Waals surface area contributed by atoms with Crippen molar-refractivity contribution in [1.29, 1.82) is 0 Å². The molecular weight excluding hydrogens is 254 g/mol. The van der Waals surface area contributed by atoms with Gasteiger partial charge in [0, 0.05) is 0 Å². The van der Waals surface area contributed by atoms with E-state index in [9.17, 15) is 14.4 Å². The molecule has 3 amide bonds. The third kappa shape index (κ3) is 6.51. The molecule has 0 heterocycles. The van der Waals surface area contributed by atoms with E-state index in [-0.39, 0.29) is 6.61 Å². The molecule has 0 spiro atoms. The summed E-state index contributed by atoms with van der Waals surface area (Å²) in [6.07, 6.45) is -2.17. The number of benzene rings is 1. The van der Waals surface area contributed by atoms with Crippen LogP contribution in [0.2, 0.25) is 0 Å². The van der Waals surface area contributed by atoms with Crippen LogP contribution in [0.4, 0.5) is 9.59 Å². The maximum absolute atomic E-state index is 11.2. The van der Waals surface area contributed by atoms with Gasteiger partial charge in [-0.05, 0) is 5.56 Å². The molecule has 0 aliphatic carbocycles. The summed E-state index contributed by atoms with van der Waals surface area (Å²) in [7, 11) is 0. The minimum Gasteiger partial charge on any atom is -0.464 e. The van der Waals surface area contributed by atoms with Gasteiger partial charge in [-0.15, -0.1) is 0 Å². The maximum atomic E-state index is 11.2. The number of hydrogen-bond acceptors (Lipinski definition) is 4. The van der Waals surface area contributed by atoms with E-state index in [4.69, 9.17) is 9.84 Å². The van der Waals surface area contributed by atoms with Crippen LogP contribution >= 0.6 is 0 Å². The first-order valence-corrected chi connectivity index (χ1v) is 5.30. The first kappa shape index (κ1) is 14.3. The summed E-state index contributed by atoms with van der Waals surface area (Å²) in [5, 5.41) is 10.4. The van der Waals surface area contributed by atoms with E-state index < -0.39 is 24.6 Å². The average Bonchev–Trinajstić information content (AvgIpc) is 2.41. The van der Waals surface area contributed by atoms with E-state index in [0.717, 1.165) is 5.56 Å². The van der Waals surface area contributed by atoms with E-state index in [1.165, 1.54) is 0 Å². The largest absolute Gasteiger partial charge is 0.464 e. The van der Waals surface area contributed by atoms with Crippen LogP contribution < -0.4 is 16.2 Å². The van der Waals surface area contributed by atoms with Crippen LogP contribution in [0.1, 0.15) is 5.56 Å². The van der Waals surface area contributed by atoms with Gasteiger partial charge in [-0.2, -0.15) is 0 Å². The highest BCUT2D eigenvalue weighted by Crippen LogP contribution is 2.00. The lowest BCUT2D eigenvalue weighted by molar-refractivity contribution is -0.121. The van der Waals surface area contributed by atoms with Crippen molar-refractivity contribution in [2.45, 2.75) is 6.61 Å². The van der Waals surface area contributed by atoms with Gasteiger partial charge in [-0.3, -0.25) is 10.2 Å². The number of carboxylic acid groups (broad SMARTS) is 1. The summed E-state index contributed by atoms with van der Waals surface area (Å²) in [5.74, 6) is -0.709. The molecule has 0 unspecified atom stereocenters. The smallest absolute Gasteiger partial charge is 0.423 e. The van der Waals surface area contributed by atoms with E-state index in [2.05, 4.69) is 5.32 Å². The van der Waals surface area contributed by atoms with Crippen molar-refractivity contribution in [3.05, 3.63) is 35.9 Å². The molecule has 4 N–H and O–H groups in total. The number of hydrogen-bond donors (Lipinski definition) is 4. The summed E-state index contributed by atoms with van der Waals surface area (Å²) < 4.78 is 4.84. The lowest BCUT2D eigenvalue weighted by Gasteiger charge is -2.07. The molecule has 8 heteroatoms. The van der Waals surface area contributed by atoms with Gasteiger partial charge in [0.15, 0.2) is 0 Å². The Morgan fingerprint density at radius 3 is 2.42 bits per heavy atom. The Balaban J connectivity index is 2.17. The Morgan fingerprint density at radius 2 is 1.79 bits per heavy atom. The van der Waals surface area contributed by atoms with Gasteiger partial charge in [0.05, 0.1) is 0 Å². The lowest BCUT2D eigenvalue weighted by atomic mass is 10.2. The van der Waals surface area contributed by atoms with Crippen LogP contribution in [0, 0.1) is 0 Å². The Bertz CT molecular complexity index is 449. The number of carbonyl (C=O) groups excluding carboxylic acids is 2. The Kier molecular flexibility index (Phi) is 5.67. The second-order valence-electron chi connectivity index (χ2n) is 3.39. The predicted octanol–water partition coefficient (Wildman–Crippen LogP) is 0.212. The maximum Gasteiger partial charge on any atom is 0.423 e. The predicted molar refractivity (Wildman–Crippen MR) is 63.9 cm³/mol. The topological polar surface area (TPSA) is 117 Å². The van der Waals surface area contributed by atoms with Gasteiger partial charge < -0.3 is 15.2 Å². The molecule has 102 valence electrons. The molecule has 0 aliphatic rings. The van der Waals surface area contributed by atoms with Crippen LogP contribution in [-0.2, 0) is 16.1 Å². The van der Waals surface area contributed by atoms with Gasteiger partial charge in [0.2, 0.25) is 0 Å². The van der Waals surface area contributed by atoms with E-state index >= 15 is 0 Å². The van der Waals surface area contributed by atoms with Crippen molar-refractivity contribution < 1.29 is 24.2 Å². The van der Waals surface area contributed by atoms with Crippen LogP contribution in [0.15, 0.2) is 30.3 Å². The van der Waals surface area contributed by atoms with Crippen molar-refractivity contribution in [3.63, 3.8) is 0 Å². The SMILES string of the molecule is O=C(O)NNC(=O)CNC(=O)OCc1ccccc1. The van der Waals surface area contributed by atoms with E-state index in [1.807, 2.05) is 23.6 Å². The van der Waals surface area contributed by atoms with Crippen molar-refractivity contribution in [2.75, 3.05) is 6.54 Å². The highest BCUT2D eigenvalue weighted by Gasteiger charge is 2.06. The fraction of sp³-hybridized carbons (Fsp3) is 0.182. The summed E-state index contributed by atoms with van der Waals surface area (Å²) in [4.78, 5) is 32.3. The number of rotatable bonds is 4. The molecule has 0 saturated carbocycles. The number of carbonyl (C=O) groups is 3. The molecular formula is C11H13N3O5. The molecule has 8 nitrogen and oxygen atoms in total. The zero-order valence-corrected chi connectivity index (χ0v) is 9.88. The Morgan fingerprint density at radius 1 is 1.11 bits per heavy atom. The zero-order valence-electron chi connectivity index (χ0n) is 9.88. The quantitative estimate of drug-likeness (QED) is 0.582. The second-order valence-corrected chi connectivity index (χ2v) is 3.39. The highest BCUT2D eigenvalue weighted by molar-refractivity contribution is 5.83. The van der Waals surface area contributed by atoms with E-state index in [1.54, 1.807) is 17.6 Å². The lowest BCUT2D eigenvalue weighted by Crippen LogP contribution is -2.45. The number of hydrazine groups is 1. The van der Waals surface area contributed by atoms with Crippen LogP contribution in [0.25, 0.3) is 0 Å². The monoisotopic (exact) mass is 267 g/mol. The minimum absolute atomic E-state index is 0.0850. The molecule has 1 rings (SSSR count). The fourth-order valence-electron chi connectivity index (χ4n) is 1.09. The molecule has 1 aromatic rings. The fourth-order valence-corrected chi connectivity index (χ4v) is 1.09. The van der Waals surface area contributed by atoms with E-state index in [0.29, 0.717) is 0 Å². The molecule has 0 radical (unpaired) electrons. The second kappa shape index (κ2) is 7.54. The summed E-state index contributed by atoms with van der Waals surface area (Å²) >= 11 is 0. The summed E-state index contributed by atoms with van der Waals surface area (Å²) in [5.41, 5.74) is 4.32. The van der Waals surface area contributed by atoms with Crippen LogP contribution in [-0.4, -0.2) is 29.7 Å². The molecule has 0 saturated heterocycles. The summed E-state index contributed by atoms with van der Waals surface area (Å²) in [6, 6.07) is 9.03. The van der Waals surface area contributed by atoms with Gasteiger partial charge in [0.25, 0.3) is 5.91 Å². The molecule has 0 atom stereocenters. The number of ether oxygens (including phenoxy) is 1. The number of amides is 3. The van der Waals surface area contributed by atoms with Gasteiger partial charge in [-0.25, -0.2) is 15.0 Å². The number of alkyl carbamates (subject to hydrolysis) is 1. The summed E-state index contributed by atoms with van der Waals surface area (Å²) in [6.45, 7) is -0.310. The van der Waals surface area contributed by atoms with Crippen molar-refractivity contribution >= 4 is 18.1 Å². The standard InChI is InChI=1S/C11H13N3O5/c15-9(13-14-10(16)17)6-12-11(18)19-7-8-4-2-1-3-5-8/h1-5,14H,6-7H2,(H,12,18)(H,13,15)(H,16,17). The minimum atomic E-state index is -1.40. The third-order valence-corrected chi connectivity index (χ3v) is 1.91. The third-order valence-electron chi connectivity index (χ3n) is 1.91. The molecule has 19 heavy (non-hydrogen) atoms.